The second kappa shape index (κ2) is 8.25. The van der Waals surface area contributed by atoms with Crippen molar-refractivity contribution in [2.75, 3.05) is 32.8 Å². The van der Waals surface area contributed by atoms with E-state index >= 15 is 0 Å². The quantitative estimate of drug-likeness (QED) is 0.838. The number of hydrogen-bond donors (Lipinski definition) is 1. The number of hydrogen-bond acceptors (Lipinski definition) is 4. The van der Waals surface area contributed by atoms with Crippen molar-refractivity contribution in [2.24, 2.45) is 0 Å². The van der Waals surface area contributed by atoms with Gasteiger partial charge in [-0.2, -0.15) is 0 Å². The maximum absolute atomic E-state index is 5.73. The summed E-state index contributed by atoms with van der Waals surface area (Å²) in [7, 11) is 0. The Morgan fingerprint density at radius 2 is 1.86 bits per heavy atom. The van der Waals surface area contributed by atoms with Crippen LogP contribution < -0.4 is 14.8 Å². The lowest BCUT2D eigenvalue weighted by Gasteiger charge is -2.23. The smallest absolute Gasteiger partial charge is 0.161 e. The third-order valence-electron chi connectivity index (χ3n) is 3.89. The zero-order valence-electron chi connectivity index (χ0n) is 13.5. The maximum atomic E-state index is 5.73. The largest absolute Gasteiger partial charge is 0.490 e. The molecule has 1 heterocycles. The molecule has 1 atom stereocenters. The van der Waals surface area contributed by atoms with Gasteiger partial charge in [-0.15, -0.1) is 0 Å². The average Bonchev–Trinajstić information content (AvgIpc) is 2.75. The van der Waals surface area contributed by atoms with E-state index in [1.54, 1.807) is 0 Å². The second-order valence-electron chi connectivity index (χ2n) is 5.60. The van der Waals surface area contributed by atoms with Crippen molar-refractivity contribution in [1.82, 2.24) is 10.2 Å². The summed E-state index contributed by atoms with van der Waals surface area (Å²) in [6, 6.07) is 6.70. The van der Waals surface area contributed by atoms with Crippen LogP contribution in [0.15, 0.2) is 18.2 Å². The Balaban J connectivity index is 1.87. The fourth-order valence-electron chi connectivity index (χ4n) is 2.54. The van der Waals surface area contributed by atoms with E-state index in [2.05, 4.69) is 43.1 Å². The third-order valence-corrected chi connectivity index (χ3v) is 3.89. The molecule has 0 aromatic heterocycles. The molecule has 0 amide bonds. The normalized spacial score (nSPS) is 15.8. The summed E-state index contributed by atoms with van der Waals surface area (Å²) in [5.41, 5.74) is 1.24. The van der Waals surface area contributed by atoms with Crippen LogP contribution in [-0.2, 0) is 6.54 Å². The molecule has 1 N–H and O–H groups in total. The summed E-state index contributed by atoms with van der Waals surface area (Å²) in [5.74, 6) is 1.75. The molecule has 0 saturated heterocycles. The molecule has 0 radical (unpaired) electrons. The molecule has 0 spiro atoms. The van der Waals surface area contributed by atoms with Crippen molar-refractivity contribution < 1.29 is 9.47 Å². The van der Waals surface area contributed by atoms with Gasteiger partial charge in [-0.1, -0.05) is 19.9 Å². The van der Waals surface area contributed by atoms with Gasteiger partial charge in [-0.25, -0.2) is 0 Å². The Bertz CT molecular complexity index is 433. The fraction of sp³-hybridized carbons (Fsp3) is 0.647. The number of fused-ring (bicyclic) bond motifs is 1. The Morgan fingerprint density at radius 3 is 2.57 bits per heavy atom. The first kappa shape index (κ1) is 16.1. The Kier molecular flexibility index (Phi) is 6.33. The summed E-state index contributed by atoms with van der Waals surface area (Å²) in [6.07, 6.45) is 0.948. The average molecular weight is 292 g/mol. The minimum atomic E-state index is 0.473. The standard InChI is InChI=1S/C17H28N2O2/c1-4-19(5-2)13-14(3)18-12-15-7-8-16-17(11-15)21-10-6-9-20-16/h7-8,11,14,18H,4-6,9-10,12-13H2,1-3H3. The highest BCUT2D eigenvalue weighted by Crippen LogP contribution is 2.30. The molecule has 0 aliphatic carbocycles. The Hall–Kier alpha value is -1.26. The molecule has 1 unspecified atom stereocenters. The van der Waals surface area contributed by atoms with Crippen LogP contribution in [0.3, 0.4) is 0 Å². The summed E-state index contributed by atoms with van der Waals surface area (Å²) in [4.78, 5) is 2.44. The minimum absolute atomic E-state index is 0.473. The predicted octanol–water partition coefficient (Wildman–Crippen LogP) is 2.67. The summed E-state index contributed by atoms with van der Waals surface area (Å²) < 4.78 is 11.4. The molecule has 0 bridgehead atoms. The van der Waals surface area contributed by atoms with Crippen LogP contribution in [0.1, 0.15) is 32.8 Å². The first-order chi connectivity index (χ1) is 10.2. The zero-order chi connectivity index (χ0) is 15.1. The molecule has 1 aromatic carbocycles. The SMILES string of the molecule is CCN(CC)CC(C)NCc1ccc2c(c1)OCCCO2. The molecule has 0 fully saturated rings. The molecule has 1 aliphatic rings. The van der Waals surface area contributed by atoms with Gasteiger partial charge in [0, 0.05) is 25.6 Å². The highest BCUT2D eigenvalue weighted by Gasteiger charge is 2.11. The van der Waals surface area contributed by atoms with Crippen molar-refractivity contribution in [3.05, 3.63) is 23.8 Å². The van der Waals surface area contributed by atoms with E-state index < -0.39 is 0 Å². The van der Waals surface area contributed by atoms with Gasteiger partial charge in [0.2, 0.25) is 0 Å². The molecule has 4 nitrogen and oxygen atoms in total. The van der Waals surface area contributed by atoms with Gasteiger partial charge in [0.15, 0.2) is 11.5 Å². The fourth-order valence-corrected chi connectivity index (χ4v) is 2.54. The molecule has 0 saturated carbocycles. The molecule has 2 rings (SSSR count). The second-order valence-corrected chi connectivity index (χ2v) is 5.60. The van der Waals surface area contributed by atoms with Gasteiger partial charge in [-0.3, -0.25) is 0 Å². The molecule has 118 valence electrons. The number of likely N-dealkylation sites (N-methyl/N-ethyl adjacent to an activating group) is 1. The number of rotatable bonds is 7. The third kappa shape index (κ3) is 4.90. The number of nitrogens with zero attached hydrogens (tertiary/aromatic N) is 1. The van der Waals surface area contributed by atoms with Crippen LogP contribution in [0.25, 0.3) is 0 Å². The molecule has 21 heavy (non-hydrogen) atoms. The highest BCUT2D eigenvalue weighted by molar-refractivity contribution is 5.43. The number of nitrogens with one attached hydrogen (secondary N) is 1. The summed E-state index contributed by atoms with van der Waals surface area (Å²) in [5, 5.41) is 3.58. The van der Waals surface area contributed by atoms with E-state index in [1.807, 2.05) is 6.07 Å². The van der Waals surface area contributed by atoms with Crippen molar-refractivity contribution in [2.45, 2.75) is 39.8 Å². The monoisotopic (exact) mass is 292 g/mol. The van der Waals surface area contributed by atoms with E-state index in [0.29, 0.717) is 6.04 Å². The van der Waals surface area contributed by atoms with Gasteiger partial charge >= 0.3 is 0 Å². The lowest BCUT2D eigenvalue weighted by Crippen LogP contribution is -2.38. The Labute approximate surface area is 128 Å². The van der Waals surface area contributed by atoms with Gasteiger partial charge in [0.1, 0.15) is 0 Å². The van der Waals surface area contributed by atoms with Crippen LogP contribution >= 0.6 is 0 Å². The van der Waals surface area contributed by atoms with Crippen LogP contribution in [0.5, 0.6) is 11.5 Å². The van der Waals surface area contributed by atoms with E-state index in [0.717, 1.165) is 57.3 Å². The van der Waals surface area contributed by atoms with Crippen LogP contribution in [-0.4, -0.2) is 43.8 Å². The van der Waals surface area contributed by atoms with Crippen molar-refractivity contribution in [3.63, 3.8) is 0 Å². The van der Waals surface area contributed by atoms with Crippen molar-refractivity contribution >= 4 is 0 Å². The van der Waals surface area contributed by atoms with E-state index in [4.69, 9.17) is 9.47 Å². The van der Waals surface area contributed by atoms with Gasteiger partial charge < -0.3 is 19.7 Å². The van der Waals surface area contributed by atoms with E-state index in [-0.39, 0.29) is 0 Å². The summed E-state index contributed by atoms with van der Waals surface area (Å²) in [6.45, 7) is 12.3. The molecular formula is C17H28N2O2. The molecule has 1 aromatic rings. The first-order valence-corrected chi connectivity index (χ1v) is 8.07. The lowest BCUT2D eigenvalue weighted by molar-refractivity contribution is 0.270. The highest BCUT2D eigenvalue weighted by atomic mass is 16.5. The lowest BCUT2D eigenvalue weighted by atomic mass is 10.2. The minimum Gasteiger partial charge on any atom is -0.490 e. The van der Waals surface area contributed by atoms with Crippen molar-refractivity contribution in [3.8, 4) is 11.5 Å². The zero-order valence-corrected chi connectivity index (χ0v) is 13.5. The maximum Gasteiger partial charge on any atom is 0.161 e. The molecular weight excluding hydrogens is 264 g/mol. The number of benzene rings is 1. The van der Waals surface area contributed by atoms with Gasteiger partial charge in [0.05, 0.1) is 13.2 Å². The Morgan fingerprint density at radius 1 is 1.14 bits per heavy atom. The van der Waals surface area contributed by atoms with Crippen LogP contribution in [0.4, 0.5) is 0 Å². The van der Waals surface area contributed by atoms with Gasteiger partial charge in [-0.05, 0) is 37.7 Å². The topological polar surface area (TPSA) is 33.7 Å². The van der Waals surface area contributed by atoms with Crippen LogP contribution in [0, 0.1) is 0 Å². The molecule has 4 heteroatoms. The van der Waals surface area contributed by atoms with Gasteiger partial charge in [0.25, 0.3) is 0 Å². The molecule has 1 aliphatic heterocycles. The first-order valence-electron chi connectivity index (χ1n) is 8.07. The predicted molar refractivity (Wildman–Crippen MR) is 86.1 cm³/mol. The van der Waals surface area contributed by atoms with E-state index in [1.165, 1.54) is 5.56 Å². The van der Waals surface area contributed by atoms with E-state index in [9.17, 15) is 0 Å². The van der Waals surface area contributed by atoms with Crippen molar-refractivity contribution in [1.29, 1.82) is 0 Å². The van der Waals surface area contributed by atoms with Crippen LogP contribution in [0.2, 0.25) is 0 Å². The number of ether oxygens (including phenoxy) is 2. The summed E-state index contributed by atoms with van der Waals surface area (Å²) >= 11 is 0.